The van der Waals surface area contributed by atoms with Crippen molar-refractivity contribution >= 4 is 17.9 Å². The van der Waals surface area contributed by atoms with Crippen LogP contribution in [0.3, 0.4) is 0 Å². The number of ether oxygens (including phenoxy) is 2. The molecule has 0 saturated heterocycles. The lowest BCUT2D eigenvalue weighted by atomic mass is 10.0. The van der Waals surface area contributed by atoms with Gasteiger partial charge in [-0.15, -0.1) is 0 Å². The van der Waals surface area contributed by atoms with Crippen molar-refractivity contribution in [3.63, 3.8) is 0 Å². The van der Waals surface area contributed by atoms with Crippen LogP contribution in [0.5, 0.6) is 0 Å². The third kappa shape index (κ3) is 4.24. The maximum atomic E-state index is 12.5. The summed E-state index contributed by atoms with van der Waals surface area (Å²) in [4.78, 5) is 30.5. The Labute approximate surface area is 143 Å². The number of aromatic nitrogens is 1. The van der Waals surface area contributed by atoms with Crippen LogP contribution in [0.1, 0.15) is 58.2 Å². The Morgan fingerprint density at radius 3 is 2.67 bits per heavy atom. The van der Waals surface area contributed by atoms with Crippen LogP contribution in [-0.4, -0.2) is 35.8 Å². The van der Waals surface area contributed by atoms with Gasteiger partial charge in [-0.3, -0.25) is 9.69 Å². The van der Waals surface area contributed by atoms with Crippen molar-refractivity contribution in [1.82, 2.24) is 4.98 Å². The zero-order chi connectivity index (χ0) is 17.9. The highest BCUT2D eigenvalue weighted by Gasteiger charge is 2.29. The van der Waals surface area contributed by atoms with E-state index in [1.165, 1.54) is 0 Å². The molecule has 24 heavy (non-hydrogen) atoms. The first-order valence-electron chi connectivity index (χ1n) is 8.40. The van der Waals surface area contributed by atoms with E-state index in [2.05, 4.69) is 4.98 Å². The van der Waals surface area contributed by atoms with E-state index in [-0.39, 0.29) is 5.97 Å². The summed E-state index contributed by atoms with van der Waals surface area (Å²) in [6, 6.07) is 3.77. The van der Waals surface area contributed by atoms with Crippen LogP contribution in [0, 0.1) is 0 Å². The maximum Gasteiger partial charge on any atom is 0.416 e. The molecule has 6 heteroatoms. The molecule has 1 amide bonds. The third-order valence-corrected chi connectivity index (χ3v) is 3.76. The molecule has 6 nitrogen and oxygen atoms in total. The SMILES string of the molecule is CCOC(=O)C(C)c1ccc2c(n1)N(C(=O)OC(C)(C)C)CCC2. The number of anilines is 1. The standard InChI is InChI=1S/C18H26N2O4/c1-6-23-16(21)12(2)14-10-9-13-8-7-11-20(15(13)19-14)17(22)24-18(3,4)5/h9-10,12H,6-8,11H2,1-5H3. The molecule has 2 heterocycles. The van der Waals surface area contributed by atoms with Gasteiger partial charge in [0, 0.05) is 6.54 Å². The fraction of sp³-hybridized carbons (Fsp3) is 0.611. The Balaban J connectivity index is 2.29. The molecule has 132 valence electrons. The number of fused-ring (bicyclic) bond motifs is 1. The highest BCUT2D eigenvalue weighted by atomic mass is 16.6. The van der Waals surface area contributed by atoms with Crippen LogP contribution < -0.4 is 4.90 Å². The van der Waals surface area contributed by atoms with Crippen LogP contribution in [0.25, 0.3) is 0 Å². The molecule has 0 N–H and O–H groups in total. The van der Waals surface area contributed by atoms with Gasteiger partial charge in [0.05, 0.1) is 18.2 Å². The molecule has 0 aliphatic carbocycles. The van der Waals surface area contributed by atoms with E-state index < -0.39 is 17.6 Å². The summed E-state index contributed by atoms with van der Waals surface area (Å²) >= 11 is 0. The van der Waals surface area contributed by atoms with Crippen molar-refractivity contribution in [2.45, 2.75) is 59.0 Å². The smallest absolute Gasteiger partial charge is 0.416 e. The number of amides is 1. The lowest BCUT2D eigenvalue weighted by Crippen LogP contribution is -2.40. The topological polar surface area (TPSA) is 68.7 Å². The molecule has 1 aliphatic heterocycles. The van der Waals surface area contributed by atoms with Gasteiger partial charge in [-0.1, -0.05) is 6.07 Å². The second-order valence-corrected chi connectivity index (χ2v) is 6.93. The van der Waals surface area contributed by atoms with E-state index in [1.807, 2.05) is 32.9 Å². The number of esters is 1. The Bertz CT molecular complexity index is 622. The normalized spacial score (nSPS) is 15.5. The number of pyridine rings is 1. The largest absolute Gasteiger partial charge is 0.465 e. The number of rotatable bonds is 3. The van der Waals surface area contributed by atoms with Crippen molar-refractivity contribution in [2.24, 2.45) is 0 Å². The monoisotopic (exact) mass is 334 g/mol. The van der Waals surface area contributed by atoms with Crippen LogP contribution >= 0.6 is 0 Å². The Kier molecular flexibility index (Phi) is 5.47. The fourth-order valence-electron chi connectivity index (χ4n) is 2.58. The lowest BCUT2D eigenvalue weighted by Gasteiger charge is -2.31. The zero-order valence-electron chi connectivity index (χ0n) is 15.1. The molecule has 0 fully saturated rings. The van der Waals surface area contributed by atoms with Gasteiger partial charge >= 0.3 is 12.1 Å². The van der Waals surface area contributed by atoms with E-state index in [0.717, 1.165) is 18.4 Å². The Hall–Kier alpha value is -2.11. The van der Waals surface area contributed by atoms with E-state index in [1.54, 1.807) is 18.7 Å². The number of hydrogen-bond acceptors (Lipinski definition) is 5. The van der Waals surface area contributed by atoms with E-state index >= 15 is 0 Å². The van der Waals surface area contributed by atoms with Gasteiger partial charge in [0.1, 0.15) is 11.4 Å². The average molecular weight is 334 g/mol. The van der Waals surface area contributed by atoms with Crippen molar-refractivity contribution in [2.75, 3.05) is 18.1 Å². The predicted molar refractivity (Wildman–Crippen MR) is 91.2 cm³/mol. The van der Waals surface area contributed by atoms with E-state index in [9.17, 15) is 9.59 Å². The minimum absolute atomic E-state index is 0.315. The quantitative estimate of drug-likeness (QED) is 0.792. The summed E-state index contributed by atoms with van der Waals surface area (Å²) in [6.07, 6.45) is 1.31. The van der Waals surface area contributed by atoms with Gasteiger partial charge < -0.3 is 9.47 Å². The van der Waals surface area contributed by atoms with E-state index in [4.69, 9.17) is 9.47 Å². The summed E-state index contributed by atoms with van der Waals surface area (Å²) in [7, 11) is 0. The second kappa shape index (κ2) is 7.20. The summed E-state index contributed by atoms with van der Waals surface area (Å²) in [6.45, 7) is 9.93. The Morgan fingerprint density at radius 1 is 1.33 bits per heavy atom. The van der Waals surface area contributed by atoms with Crippen LogP contribution in [0.2, 0.25) is 0 Å². The second-order valence-electron chi connectivity index (χ2n) is 6.93. The summed E-state index contributed by atoms with van der Waals surface area (Å²) in [5, 5.41) is 0. The van der Waals surface area contributed by atoms with Crippen LogP contribution in [-0.2, 0) is 20.7 Å². The highest BCUT2D eigenvalue weighted by Crippen LogP contribution is 2.29. The summed E-state index contributed by atoms with van der Waals surface area (Å²) < 4.78 is 10.5. The first-order valence-corrected chi connectivity index (χ1v) is 8.40. The number of carbonyl (C=O) groups excluding carboxylic acids is 2. The molecule has 0 radical (unpaired) electrons. The molecule has 0 spiro atoms. The molecule has 0 bridgehead atoms. The Morgan fingerprint density at radius 2 is 2.04 bits per heavy atom. The molecule has 1 atom stereocenters. The molecular weight excluding hydrogens is 308 g/mol. The molecule has 1 aromatic heterocycles. The molecule has 0 saturated carbocycles. The van der Waals surface area contributed by atoms with Gasteiger partial charge in [0.25, 0.3) is 0 Å². The predicted octanol–water partition coefficient (Wildman–Crippen LogP) is 3.44. The first-order chi connectivity index (χ1) is 11.2. The lowest BCUT2D eigenvalue weighted by molar-refractivity contribution is -0.144. The zero-order valence-corrected chi connectivity index (χ0v) is 15.1. The van der Waals surface area contributed by atoms with Crippen molar-refractivity contribution in [1.29, 1.82) is 0 Å². The minimum Gasteiger partial charge on any atom is -0.465 e. The number of nitrogens with zero attached hydrogens (tertiary/aromatic N) is 2. The van der Waals surface area contributed by atoms with Gasteiger partial charge in [0.2, 0.25) is 0 Å². The van der Waals surface area contributed by atoms with Crippen molar-refractivity contribution < 1.29 is 19.1 Å². The summed E-state index contributed by atoms with van der Waals surface area (Å²) in [5.41, 5.74) is 1.03. The molecule has 1 aromatic rings. The molecular formula is C18H26N2O4. The van der Waals surface area contributed by atoms with Crippen LogP contribution in [0.15, 0.2) is 12.1 Å². The number of aryl methyl sites for hydroxylation is 1. The van der Waals surface area contributed by atoms with Crippen molar-refractivity contribution in [3.05, 3.63) is 23.4 Å². The molecule has 0 aromatic carbocycles. The van der Waals surface area contributed by atoms with Gasteiger partial charge in [0.15, 0.2) is 0 Å². The van der Waals surface area contributed by atoms with Gasteiger partial charge in [-0.2, -0.15) is 0 Å². The van der Waals surface area contributed by atoms with Crippen LogP contribution in [0.4, 0.5) is 10.6 Å². The third-order valence-electron chi connectivity index (χ3n) is 3.76. The van der Waals surface area contributed by atoms with Crippen molar-refractivity contribution in [3.8, 4) is 0 Å². The number of carbonyl (C=O) groups is 2. The molecule has 2 rings (SSSR count). The molecule has 1 unspecified atom stereocenters. The summed E-state index contributed by atoms with van der Waals surface area (Å²) in [5.74, 6) is -0.202. The van der Waals surface area contributed by atoms with Gasteiger partial charge in [-0.05, 0) is 59.1 Å². The molecule has 1 aliphatic rings. The highest BCUT2D eigenvalue weighted by molar-refractivity contribution is 5.88. The fourth-order valence-corrected chi connectivity index (χ4v) is 2.58. The average Bonchev–Trinajstić information content (AvgIpc) is 2.51. The minimum atomic E-state index is -0.565. The number of hydrogen-bond donors (Lipinski definition) is 0. The maximum absolute atomic E-state index is 12.5. The van der Waals surface area contributed by atoms with E-state index in [0.29, 0.717) is 24.7 Å². The van der Waals surface area contributed by atoms with Gasteiger partial charge in [-0.25, -0.2) is 9.78 Å². The first kappa shape index (κ1) is 18.2.